The monoisotopic (exact) mass is 281 g/mol. The third kappa shape index (κ3) is 2.18. The van der Waals surface area contributed by atoms with E-state index in [0.717, 1.165) is 11.1 Å². The number of nitrogens with zero attached hydrogens (tertiary/aromatic N) is 1. The molecule has 0 aliphatic carbocycles. The largest absolute Gasteiger partial charge is 0.347 e. The minimum Gasteiger partial charge on any atom is -0.347 e. The van der Waals surface area contributed by atoms with Crippen LogP contribution in [0.3, 0.4) is 0 Å². The summed E-state index contributed by atoms with van der Waals surface area (Å²) in [5.41, 5.74) is 3.21. The van der Waals surface area contributed by atoms with Gasteiger partial charge in [0, 0.05) is 23.8 Å². The van der Waals surface area contributed by atoms with Crippen molar-refractivity contribution in [3.05, 3.63) is 56.8 Å². The molecule has 0 saturated heterocycles. The summed E-state index contributed by atoms with van der Waals surface area (Å²) in [6.45, 7) is 3.92. The lowest BCUT2D eigenvalue weighted by Gasteiger charge is -2.07. The van der Waals surface area contributed by atoms with E-state index < -0.39 is 0 Å². The van der Waals surface area contributed by atoms with Gasteiger partial charge in [-0.05, 0) is 43.2 Å². The van der Waals surface area contributed by atoms with Gasteiger partial charge in [0.1, 0.15) is 0 Å². The Kier molecular flexibility index (Phi) is 3.51. The van der Waals surface area contributed by atoms with Crippen molar-refractivity contribution >= 4 is 29.0 Å². The lowest BCUT2D eigenvalue weighted by molar-refractivity contribution is 0.103. The Hall–Kier alpha value is -1.25. The minimum absolute atomic E-state index is 0.0789. The van der Waals surface area contributed by atoms with E-state index in [0.29, 0.717) is 21.3 Å². The third-order valence-corrected chi connectivity index (χ3v) is 3.63. The first-order valence-corrected chi connectivity index (χ1v) is 6.29. The molecule has 0 fully saturated rings. The average molecular weight is 282 g/mol. The third-order valence-electron chi connectivity index (χ3n) is 3.08. The van der Waals surface area contributed by atoms with Gasteiger partial charge in [0.15, 0.2) is 0 Å². The van der Waals surface area contributed by atoms with Gasteiger partial charge in [-0.1, -0.05) is 23.2 Å². The number of aromatic nitrogens is 1. The van der Waals surface area contributed by atoms with Crippen molar-refractivity contribution < 1.29 is 4.79 Å². The second-order valence-electron chi connectivity index (χ2n) is 4.35. The van der Waals surface area contributed by atoms with Crippen LogP contribution in [0.15, 0.2) is 24.4 Å². The van der Waals surface area contributed by atoms with Crippen LogP contribution in [0.4, 0.5) is 0 Å². The molecule has 0 spiro atoms. The molecule has 2 nitrogen and oxygen atoms in total. The number of hydrogen-bond donors (Lipinski definition) is 0. The smallest absolute Gasteiger partial charge is 0.211 e. The van der Waals surface area contributed by atoms with E-state index in [1.807, 2.05) is 31.7 Å². The van der Waals surface area contributed by atoms with Gasteiger partial charge in [-0.2, -0.15) is 0 Å². The quantitative estimate of drug-likeness (QED) is 0.757. The maximum absolute atomic E-state index is 12.5. The molecule has 0 atom stereocenters. The number of carbonyl (C=O) groups is 1. The summed E-state index contributed by atoms with van der Waals surface area (Å²) in [7, 11) is 1.86. The number of ketones is 1. The van der Waals surface area contributed by atoms with E-state index in [9.17, 15) is 4.79 Å². The normalized spacial score (nSPS) is 10.7. The highest BCUT2D eigenvalue weighted by molar-refractivity contribution is 6.37. The first kappa shape index (κ1) is 13.2. The van der Waals surface area contributed by atoms with Crippen molar-refractivity contribution in [3.63, 3.8) is 0 Å². The Morgan fingerprint density at radius 2 is 1.89 bits per heavy atom. The average Bonchev–Trinajstić information content (AvgIpc) is 2.52. The maximum atomic E-state index is 12.5. The lowest BCUT2D eigenvalue weighted by Crippen LogP contribution is -2.09. The summed E-state index contributed by atoms with van der Waals surface area (Å²) >= 11 is 11.9. The molecule has 0 unspecified atom stereocenters. The van der Waals surface area contributed by atoms with Crippen molar-refractivity contribution in [2.24, 2.45) is 7.05 Å². The molecule has 94 valence electrons. The zero-order chi connectivity index (χ0) is 13.4. The van der Waals surface area contributed by atoms with Gasteiger partial charge >= 0.3 is 0 Å². The molecule has 0 aliphatic heterocycles. The molecule has 0 amide bonds. The molecule has 2 rings (SSSR count). The summed E-state index contributed by atoms with van der Waals surface area (Å²) in [6, 6.07) is 4.92. The number of aryl methyl sites for hydroxylation is 2. The fraction of sp³-hybridized carbons (Fsp3) is 0.214. The highest BCUT2D eigenvalue weighted by Gasteiger charge is 2.19. The van der Waals surface area contributed by atoms with Gasteiger partial charge < -0.3 is 4.57 Å². The number of benzene rings is 1. The Labute approximate surface area is 116 Å². The predicted molar refractivity (Wildman–Crippen MR) is 74.8 cm³/mol. The van der Waals surface area contributed by atoms with E-state index in [1.54, 1.807) is 18.2 Å². The highest BCUT2D eigenvalue weighted by Crippen LogP contribution is 2.25. The SMILES string of the molecule is Cc1cn(C)c(C(=O)c2ccc(Cl)cc2Cl)c1C. The second-order valence-corrected chi connectivity index (χ2v) is 5.19. The molecule has 0 aliphatic rings. The standard InChI is InChI=1S/C14H13Cl2NO/c1-8-7-17(3)13(9(8)2)14(18)11-5-4-10(15)6-12(11)16/h4-7H,1-3H3. The number of carbonyl (C=O) groups excluding carboxylic acids is 1. The molecule has 1 aromatic heterocycles. The zero-order valence-corrected chi connectivity index (χ0v) is 11.9. The van der Waals surface area contributed by atoms with E-state index in [4.69, 9.17) is 23.2 Å². The Morgan fingerprint density at radius 1 is 1.22 bits per heavy atom. The first-order chi connectivity index (χ1) is 8.41. The van der Waals surface area contributed by atoms with E-state index in [2.05, 4.69) is 0 Å². The Bertz CT molecular complexity index is 629. The molecular weight excluding hydrogens is 269 g/mol. The molecule has 0 saturated carbocycles. The molecule has 0 bridgehead atoms. The van der Waals surface area contributed by atoms with Gasteiger partial charge in [-0.3, -0.25) is 4.79 Å². The van der Waals surface area contributed by atoms with Crippen LogP contribution < -0.4 is 0 Å². The second kappa shape index (κ2) is 4.79. The van der Waals surface area contributed by atoms with Crippen LogP contribution in [0.1, 0.15) is 27.2 Å². The zero-order valence-electron chi connectivity index (χ0n) is 10.4. The summed E-state index contributed by atoms with van der Waals surface area (Å²) in [5, 5.41) is 0.905. The van der Waals surface area contributed by atoms with Crippen LogP contribution in [0.2, 0.25) is 10.0 Å². The van der Waals surface area contributed by atoms with Gasteiger partial charge in [-0.15, -0.1) is 0 Å². The van der Waals surface area contributed by atoms with E-state index in [1.165, 1.54) is 0 Å². The fourth-order valence-electron chi connectivity index (χ4n) is 2.03. The topological polar surface area (TPSA) is 22.0 Å². The van der Waals surface area contributed by atoms with Gasteiger partial charge in [0.25, 0.3) is 0 Å². The van der Waals surface area contributed by atoms with E-state index in [-0.39, 0.29) is 5.78 Å². The van der Waals surface area contributed by atoms with Crippen LogP contribution in [-0.4, -0.2) is 10.4 Å². The molecule has 4 heteroatoms. The molecule has 2 aromatic rings. The minimum atomic E-state index is -0.0789. The van der Waals surface area contributed by atoms with Crippen LogP contribution >= 0.6 is 23.2 Å². The number of hydrogen-bond acceptors (Lipinski definition) is 1. The van der Waals surface area contributed by atoms with Crippen molar-refractivity contribution in [2.75, 3.05) is 0 Å². The van der Waals surface area contributed by atoms with Crippen molar-refractivity contribution in [2.45, 2.75) is 13.8 Å². The molecule has 18 heavy (non-hydrogen) atoms. The first-order valence-electron chi connectivity index (χ1n) is 5.54. The number of rotatable bonds is 2. The van der Waals surface area contributed by atoms with Crippen molar-refractivity contribution in [3.8, 4) is 0 Å². The Balaban J connectivity index is 2.55. The molecular formula is C14H13Cl2NO. The van der Waals surface area contributed by atoms with Crippen LogP contribution in [0.25, 0.3) is 0 Å². The van der Waals surface area contributed by atoms with Crippen LogP contribution in [0, 0.1) is 13.8 Å². The van der Waals surface area contributed by atoms with Gasteiger partial charge in [-0.25, -0.2) is 0 Å². The van der Waals surface area contributed by atoms with Gasteiger partial charge in [0.05, 0.1) is 10.7 Å². The summed E-state index contributed by atoms with van der Waals surface area (Å²) in [4.78, 5) is 12.5. The van der Waals surface area contributed by atoms with Crippen LogP contribution in [0.5, 0.6) is 0 Å². The van der Waals surface area contributed by atoms with Crippen molar-refractivity contribution in [1.29, 1.82) is 0 Å². The Morgan fingerprint density at radius 3 is 2.39 bits per heavy atom. The number of halogens is 2. The fourth-order valence-corrected chi connectivity index (χ4v) is 2.53. The molecule has 0 radical (unpaired) electrons. The lowest BCUT2D eigenvalue weighted by atomic mass is 10.0. The highest BCUT2D eigenvalue weighted by atomic mass is 35.5. The maximum Gasteiger partial charge on any atom is 0.211 e. The molecule has 1 heterocycles. The van der Waals surface area contributed by atoms with Gasteiger partial charge in [0.2, 0.25) is 5.78 Å². The van der Waals surface area contributed by atoms with Crippen LogP contribution in [-0.2, 0) is 7.05 Å². The summed E-state index contributed by atoms with van der Waals surface area (Å²) < 4.78 is 1.83. The summed E-state index contributed by atoms with van der Waals surface area (Å²) in [5.74, 6) is -0.0789. The summed E-state index contributed by atoms with van der Waals surface area (Å²) in [6.07, 6.45) is 1.94. The molecule has 0 N–H and O–H groups in total. The molecule has 1 aromatic carbocycles. The van der Waals surface area contributed by atoms with Crippen molar-refractivity contribution in [1.82, 2.24) is 4.57 Å². The van der Waals surface area contributed by atoms with E-state index >= 15 is 0 Å². The predicted octanol–water partition coefficient (Wildman–Crippen LogP) is 4.18.